The first-order chi connectivity index (χ1) is 13.2. The molecular weight excluding hydrogens is 382 g/mol. The van der Waals surface area contributed by atoms with Crippen LogP contribution in [0.5, 0.6) is 0 Å². The van der Waals surface area contributed by atoms with Crippen molar-refractivity contribution in [3.8, 4) is 0 Å². The van der Waals surface area contributed by atoms with Gasteiger partial charge in [0.2, 0.25) is 5.91 Å². The second-order valence-electron chi connectivity index (χ2n) is 8.44. The van der Waals surface area contributed by atoms with Gasteiger partial charge in [0.25, 0.3) is 5.91 Å². The quantitative estimate of drug-likeness (QED) is 0.661. The van der Waals surface area contributed by atoms with Crippen LogP contribution in [0.4, 0.5) is 4.79 Å². The van der Waals surface area contributed by atoms with Gasteiger partial charge in [-0.1, -0.05) is 33.1 Å². The molecule has 158 valence electrons. The normalized spacial score (nSPS) is 32.0. The summed E-state index contributed by atoms with van der Waals surface area (Å²) in [7, 11) is -3.13. The molecule has 1 aliphatic carbocycles. The van der Waals surface area contributed by atoms with Crippen molar-refractivity contribution < 1.29 is 22.8 Å². The van der Waals surface area contributed by atoms with Crippen LogP contribution >= 0.6 is 0 Å². The van der Waals surface area contributed by atoms with E-state index in [1.54, 1.807) is 4.90 Å². The number of hydrogen-bond donors (Lipinski definition) is 1. The summed E-state index contributed by atoms with van der Waals surface area (Å²) in [5.41, 5.74) is -0.888. The molecule has 3 aliphatic rings. The Balaban J connectivity index is 1.74. The Labute approximate surface area is 166 Å². The van der Waals surface area contributed by atoms with Crippen LogP contribution < -0.4 is 5.32 Å². The molecule has 3 fully saturated rings. The van der Waals surface area contributed by atoms with Gasteiger partial charge in [-0.15, -0.1) is 0 Å². The van der Waals surface area contributed by atoms with Crippen LogP contribution in [-0.4, -0.2) is 72.2 Å². The monoisotopic (exact) mass is 413 g/mol. The largest absolute Gasteiger partial charge is 0.337 e. The zero-order valence-electron chi connectivity index (χ0n) is 16.8. The smallest absolute Gasteiger partial charge is 0.325 e. The lowest BCUT2D eigenvalue weighted by Gasteiger charge is -2.37. The molecule has 2 saturated heterocycles. The molecule has 2 heterocycles. The lowest BCUT2D eigenvalue weighted by Crippen LogP contribution is -2.54. The molecule has 3 atom stereocenters. The number of rotatable bonds is 6. The molecule has 0 aromatic carbocycles. The number of hydrogen-bond acceptors (Lipinski definition) is 5. The first-order valence-corrected chi connectivity index (χ1v) is 12.2. The second kappa shape index (κ2) is 8.00. The minimum absolute atomic E-state index is 0.0361. The molecular formula is C19H31N3O5S. The number of sulfone groups is 1. The second-order valence-corrected chi connectivity index (χ2v) is 10.7. The summed E-state index contributed by atoms with van der Waals surface area (Å²) in [5, 5.41) is 2.86. The number of nitrogens with one attached hydrogen (secondary N) is 1. The van der Waals surface area contributed by atoms with Crippen molar-refractivity contribution in [3.05, 3.63) is 0 Å². The van der Waals surface area contributed by atoms with E-state index < -0.39 is 21.4 Å². The van der Waals surface area contributed by atoms with Crippen molar-refractivity contribution in [1.82, 2.24) is 15.1 Å². The van der Waals surface area contributed by atoms with Crippen LogP contribution in [0.15, 0.2) is 0 Å². The van der Waals surface area contributed by atoms with Gasteiger partial charge in [0, 0.05) is 12.6 Å². The molecule has 2 aliphatic heterocycles. The Kier molecular flexibility index (Phi) is 6.03. The summed E-state index contributed by atoms with van der Waals surface area (Å²) >= 11 is 0. The van der Waals surface area contributed by atoms with Crippen LogP contribution in [0.25, 0.3) is 0 Å². The number of carbonyl (C=O) groups is 3. The summed E-state index contributed by atoms with van der Waals surface area (Å²) < 4.78 is 23.7. The SMILES string of the molecule is CCCCN(C(=O)CN1C(=O)N[C@]2(CCCC[C@H]2C)C1=O)[C@H]1CCS(=O)(=O)C1. The highest BCUT2D eigenvalue weighted by molar-refractivity contribution is 7.91. The highest BCUT2D eigenvalue weighted by Crippen LogP contribution is 2.38. The van der Waals surface area contributed by atoms with Gasteiger partial charge in [-0.3, -0.25) is 14.5 Å². The van der Waals surface area contributed by atoms with E-state index in [2.05, 4.69) is 5.32 Å². The third-order valence-corrected chi connectivity index (χ3v) is 8.27. The number of carbonyl (C=O) groups excluding carboxylic acids is 3. The number of urea groups is 1. The lowest BCUT2D eigenvalue weighted by molar-refractivity contribution is -0.141. The number of amides is 4. The van der Waals surface area contributed by atoms with E-state index in [0.717, 1.165) is 37.0 Å². The van der Waals surface area contributed by atoms with Gasteiger partial charge in [-0.25, -0.2) is 13.2 Å². The zero-order chi connectivity index (χ0) is 20.5. The Morgan fingerprint density at radius 3 is 2.64 bits per heavy atom. The van der Waals surface area contributed by atoms with Gasteiger partial charge in [-0.05, 0) is 31.6 Å². The summed E-state index contributed by atoms with van der Waals surface area (Å²) in [6, 6.07) is -0.881. The summed E-state index contributed by atoms with van der Waals surface area (Å²) in [4.78, 5) is 41.2. The molecule has 9 heteroatoms. The molecule has 3 rings (SSSR count). The highest BCUT2D eigenvalue weighted by atomic mass is 32.2. The van der Waals surface area contributed by atoms with Crippen molar-refractivity contribution in [2.45, 2.75) is 70.4 Å². The van der Waals surface area contributed by atoms with Gasteiger partial charge in [-0.2, -0.15) is 0 Å². The van der Waals surface area contributed by atoms with Gasteiger partial charge in [0.05, 0.1) is 11.5 Å². The van der Waals surface area contributed by atoms with E-state index in [1.807, 2.05) is 13.8 Å². The van der Waals surface area contributed by atoms with Crippen LogP contribution in [0.1, 0.15) is 58.8 Å². The summed E-state index contributed by atoms with van der Waals surface area (Å²) in [6.45, 7) is 4.10. The zero-order valence-corrected chi connectivity index (χ0v) is 17.6. The molecule has 4 amide bonds. The Morgan fingerprint density at radius 1 is 1.29 bits per heavy atom. The third kappa shape index (κ3) is 3.90. The highest BCUT2D eigenvalue weighted by Gasteiger charge is 2.55. The van der Waals surface area contributed by atoms with Crippen molar-refractivity contribution in [2.75, 3.05) is 24.6 Å². The van der Waals surface area contributed by atoms with E-state index in [9.17, 15) is 22.8 Å². The first-order valence-electron chi connectivity index (χ1n) is 10.3. The molecule has 8 nitrogen and oxygen atoms in total. The van der Waals surface area contributed by atoms with E-state index in [-0.39, 0.29) is 41.8 Å². The van der Waals surface area contributed by atoms with E-state index in [4.69, 9.17) is 0 Å². The first kappa shape index (κ1) is 21.1. The van der Waals surface area contributed by atoms with Crippen molar-refractivity contribution >= 4 is 27.7 Å². The van der Waals surface area contributed by atoms with E-state index >= 15 is 0 Å². The average molecular weight is 414 g/mol. The van der Waals surface area contributed by atoms with Crippen molar-refractivity contribution in [1.29, 1.82) is 0 Å². The van der Waals surface area contributed by atoms with Gasteiger partial charge >= 0.3 is 6.03 Å². The summed E-state index contributed by atoms with van der Waals surface area (Å²) in [5.74, 6) is -0.581. The van der Waals surface area contributed by atoms with Crippen molar-refractivity contribution in [3.63, 3.8) is 0 Å². The molecule has 1 saturated carbocycles. The van der Waals surface area contributed by atoms with E-state index in [1.165, 1.54) is 0 Å². The predicted octanol–water partition coefficient (Wildman–Crippen LogP) is 1.30. The molecule has 0 radical (unpaired) electrons. The fourth-order valence-corrected chi connectivity index (χ4v) is 6.46. The molecule has 0 aromatic rings. The maximum Gasteiger partial charge on any atom is 0.325 e. The molecule has 0 aromatic heterocycles. The minimum atomic E-state index is -3.13. The Bertz CT molecular complexity index is 753. The number of imide groups is 1. The fourth-order valence-electron chi connectivity index (χ4n) is 4.73. The fraction of sp³-hybridized carbons (Fsp3) is 0.842. The number of unbranched alkanes of at least 4 members (excludes halogenated alkanes) is 1. The van der Waals surface area contributed by atoms with Crippen LogP contribution in [-0.2, 0) is 19.4 Å². The minimum Gasteiger partial charge on any atom is -0.337 e. The standard InChI is InChI=1S/C19H31N3O5S/c1-3-4-10-21(15-8-11-28(26,27)13-15)16(23)12-22-17(24)19(20-18(22)25)9-6-5-7-14(19)2/h14-15H,3-13H2,1-2H3,(H,20,25)/t14-,15+,19+/m1/s1. The molecule has 28 heavy (non-hydrogen) atoms. The average Bonchev–Trinajstić information content (AvgIpc) is 3.10. The summed E-state index contributed by atoms with van der Waals surface area (Å²) in [6.07, 6.45) is 5.42. The topological polar surface area (TPSA) is 104 Å². The molecule has 0 bridgehead atoms. The van der Waals surface area contributed by atoms with E-state index in [0.29, 0.717) is 19.4 Å². The van der Waals surface area contributed by atoms with Crippen molar-refractivity contribution in [2.24, 2.45) is 5.92 Å². The molecule has 1 spiro atoms. The van der Waals surface area contributed by atoms with Gasteiger partial charge < -0.3 is 10.2 Å². The van der Waals surface area contributed by atoms with Crippen LogP contribution in [0.3, 0.4) is 0 Å². The number of nitrogens with zero attached hydrogens (tertiary/aromatic N) is 2. The van der Waals surface area contributed by atoms with Crippen LogP contribution in [0.2, 0.25) is 0 Å². The molecule has 0 unspecified atom stereocenters. The third-order valence-electron chi connectivity index (χ3n) is 6.52. The maximum atomic E-state index is 13.1. The molecule has 1 N–H and O–H groups in total. The predicted molar refractivity (Wildman–Crippen MR) is 104 cm³/mol. The lowest BCUT2D eigenvalue weighted by atomic mass is 9.73. The Hall–Kier alpha value is -1.64. The Morgan fingerprint density at radius 2 is 2.04 bits per heavy atom. The van der Waals surface area contributed by atoms with Gasteiger partial charge in [0.15, 0.2) is 9.84 Å². The van der Waals surface area contributed by atoms with Gasteiger partial charge in [0.1, 0.15) is 12.1 Å². The maximum absolute atomic E-state index is 13.1. The van der Waals surface area contributed by atoms with Crippen LogP contribution in [0, 0.1) is 5.92 Å².